The number of nitrogens with zero attached hydrogens (tertiary/aromatic N) is 4. The van der Waals surface area contributed by atoms with Crippen LogP contribution < -0.4 is 40.4 Å². The third-order valence-electron chi connectivity index (χ3n) is 15.9. The molecule has 8 heteroatoms. The number of fused-ring (bicyclic) bond motifs is 4. The number of hydrogen-bond donors (Lipinski definition) is 0. The van der Waals surface area contributed by atoms with Gasteiger partial charge >= 0.3 is 0 Å². The molecule has 0 aliphatic carbocycles. The van der Waals surface area contributed by atoms with Gasteiger partial charge in [-0.25, -0.2) is 4.98 Å². The number of aryl methyl sites for hydroxylation is 1. The van der Waals surface area contributed by atoms with E-state index in [1.807, 2.05) is 65.2 Å². The Labute approximate surface area is 512 Å². The van der Waals surface area contributed by atoms with Crippen LogP contribution in [0.1, 0.15) is 16.5 Å². The van der Waals surface area contributed by atoms with Gasteiger partial charge in [0, 0.05) is 54.0 Å². The number of benzene rings is 11. The van der Waals surface area contributed by atoms with Crippen molar-refractivity contribution in [3.8, 4) is 50.9 Å². The van der Waals surface area contributed by atoms with Crippen LogP contribution in [-0.4, -0.2) is 30.3 Å². The average Bonchev–Trinajstić information content (AvgIpc) is 1.65. The minimum atomic E-state index is -2.93. The molecule has 3 aromatic heterocycles. The van der Waals surface area contributed by atoms with Crippen molar-refractivity contribution in [1.82, 2.24) is 14.1 Å². The van der Waals surface area contributed by atoms with Crippen molar-refractivity contribution >= 4 is 80.1 Å². The van der Waals surface area contributed by atoms with Gasteiger partial charge in [0.2, 0.25) is 0 Å². The topological polar surface area (TPSA) is 35.9 Å². The Morgan fingerprint density at radius 1 is 0.518 bits per heavy atom. The molecule has 0 atom stereocenters. The van der Waals surface area contributed by atoms with Crippen LogP contribution >= 0.6 is 0 Å². The van der Waals surface area contributed by atoms with Gasteiger partial charge < -0.3 is 13.9 Å². The van der Waals surface area contributed by atoms with E-state index in [-0.39, 0.29) is 43.6 Å². The molecule has 0 fully saturated rings. The van der Waals surface area contributed by atoms with E-state index in [9.17, 15) is 0 Å². The first kappa shape index (κ1) is 44.4. The van der Waals surface area contributed by atoms with Crippen LogP contribution in [0.15, 0.2) is 285 Å². The molecule has 11 aromatic carbocycles. The molecule has 14 rings (SSSR count). The summed E-state index contributed by atoms with van der Waals surface area (Å²) in [6, 6.07) is 91.2. The molecule has 83 heavy (non-hydrogen) atoms. The van der Waals surface area contributed by atoms with E-state index in [0.29, 0.717) is 28.2 Å². The zero-order valence-corrected chi connectivity index (χ0v) is 49.5. The molecule has 0 spiro atoms. The summed E-state index contributed by atoms with van der Waals surface area (Å²) in [6.07, 6.45) is 5.17. The quantitative estimate of drug-likeness (QED) is 0.0499. The Bertz CT molecular complexity index is 4960. The van der Waals surface area contributed by atoms with Gasteiger partial charge in [-0.1, -0.05) is 260 Å². The van der Waals surface area contributed by atoms with Crippen LogP contribution in [0.2, 0.25) is 13.1 Å². The van der Waals surface area contributed by atoms with Gasteiger partial charge in [-0.05, 0) is 78.2 Å². The second-order valence-electron chi connectivity index (χ2n) is 20.9. The Kier molecular flexibility index (Phi) is 11.9. The van der Waals surface area contributed by atoms with Crippen LogP contribution in [0.3, 0.4) is 0 Å². The molecular formula is C75H56N4OPtSi2-2. The van der Waals surface area contributed by atoms with Gasteiger partial charge in [-0.3, -0.25) is 4.57 Å². The number of ether oxygens (including phenoxy) is 1. The van der Waals surface area contributed by atoms with E-state index in [2.05, 4.69) is 218 Å². The maximum absolute atomic E-state index is 8.70. The molecule has 0 radical (unpaired) electrons. The molecule has 5 nitrogen and oxygen atoms in total. The maximum Gasteiger partial charge on any atom is 0.268 e. The van der Waals surface area contributed by atoms with Gasteiger partial charge in [0.15, 0.2) is 8.07 Å². The second kappa shape index (κ2) is 22.3. The van der Waals surface area contributed by atoms with Crippen LogP contribution in [0, 0.1) is 25.3 Å². The number of aromatic nitrogens is 4. The predicted octanol–water partition coefficient (Wildman–Crippen LogP) is 13.4. The van der Waals surface area contributed by atoms with Crippen molar-refractivity contribution in [2.24, 2.45) is 0 Å². The molecule has 0 aliphatic heterocycles. The molecule has 0 unspecified atom stereocenters. The summed E-state index contributed by atoms with van der Waals surface area (Å²) >= 11 is 0. The number of rotatable bonds is 13. The Morgan fingerprint density at radius 2 is 1.12 bits per heavy atom. The van der Waals surface area contributed by atoms with Gasteiger partial charge in [0.05, 0.1) is 23.6 Å². The first-order valence-electron chi connectivity index (χ1n) is 31.3. The molecule has 14 aromatic rings. The van der Waals surface area contributed by atoms with E-state index in [0.717, 1.165) is 38.6 Å². The van der Waals surface area contributed by atoms with Crippen LogP contribution in [0.25, 0.3) is 72.3 Å². The SMILES string of the molecule is [2H]c1c([2H])c([2H])c(-c2cnc(-n3c4[c-]c(Oc5[c-]c(-n6[c-][n+](-c7c(-c8cccc([Si](c9ccccc9)(c9ccccc9)c9ccccc9)c8)cccc7[Si](C)(C)c7ccccc7)c7ccccc76)ccc5)ccc4c4ccccc43)cc2C([2H])([2H])[2H])c([2H])c1[2H].[Pt]. The van der Waals surface area contributed by atoms with Gasteiger partial charge in [-0.15, -0.1) is 29.7 Å². The number of pyridine rings is 1. The fourth-order valence-corrected chi connectivity index (χ4v) is 19.5. The standard InChI is InChI=1S/C75H56N4OSi2.Pt/c1-54-48-74(76-52-68(54)55-26-9-4-10-27-55)79-69-42-20-19-40-66(69)67-47-46-59(51-72(67)79)80-58-30-24-29-57(50-58)77-53-78(71-44-22-21-43-70(71)77)75-65(41-25-45-73(75)81(2,3)60-31-11-5-12-32-60)56-28-23-39-64(49-56)82(61-33-13-6-14-34-61,62-35-15-7-16-36-62)63-37-17-8-18-38-63;/h4-49,52H,1-3H3;/q-2;/i1D3,4D,9D,10D,26D,27D;. The van der Waals surface area contributed by atoms with E-state index >= 15 is 0 Å². The van der Waals surface area contributed by atoms with Crippen molar-refractivity contribution < 1.29 is 41.3 Å². The molecule has 3 heterocycles. The van der Waals surface area contributed by atoms with Crippen LogP contribution in [-0.2, 0) is 21.1 Å². The average molecular weight is 1290 g/mol. The molecule has 0 aliphatic rings. The first-order chi connectivity index (χ1) is 43.6. The summed E-state index contributed by atoms with van der Waals surface area (Å²) in [5.41, 5.74) is 6.46. The molecule has 0 saturated heterocycles. The first-order valence-corrected chi connectivity index (χ1v) is 32.3. The van der Waals surface area contributed by atoms with Crippen molar-refractivity contribution in [2.75, 3.05) is 0 Å². The number of hydrogen-bond acceptors (Lipinski definition) is 2. The summed E-state index contributed by atoms with van der Waals surface area (Å²) in [7, 11) is -5.42. The van der Waals surface area contributed by atoms with Crippen LogP contribution in [0.5, 0.6) is 11.5 Å². The summed E-state index contributed by atoms with van der Waals surface area (Å²) < 4.78 is 81.0. The summed E-state index contributed by atoms with van der Waals surface area (Å²) in [5.74, 6) is 0.992. The van der Waals surface area contributed by atoms with E-state index < -0.39 is 53.2 Å². The van der Waals surface area contributed by atoms with Crippen LogP contribution in [0.4, 0.5) is 0 Å². The Hall–Kier alpha value is -9.24. The summed E-state index contributed by atoms with van der Waals surface area (Å²) in [5, 5.41) is 9.37. The largest absolute Gasteiger partial charge is 0.510 e. The van der Waals surface area contributed by atoms with Crippen molar-refractivity contribution in [3.05, 3.63) is 309 Å². The van der Waals surface area contributed by atoms with Crippen molar-refractivity contribution in [1.29, 1.82) is 0 Å². The van der Waals surface area contributed by atoms with E-state index in [1.54, 1.807) is 4.57 Å². The minimum absolute atomic E-state index is 0. The van der Waals surface area contributed by atoms with Gasteiger partial charge in [-0.2, -0.15) is 18.2 Å². The fourth-order valence-electron chi connectivity index (χ4n) is 12.0. The van der Waals surface area contributed by atoms with Gasteiger partial charge in [0.1, 0.15) is 13.9 Å². The Balaban J connectivity index is 0.00000758. The van der Waals surface area contributed by atoms with Crippen molar-refractivity contribution in [3.63, 3.8) is 0 Å². The summed E-state index contributed by atoms with van der Waals surface area (Å²) in [4.78, 5) is 4.75. The zero-order valence-electron chi connectivity index (χ0n) is 53.3. The molecular weight excluding hydrogens is 1220 g/mol. The zero-order chi connectivity index (χ0) is 62.1. The van der Waals surface area contributed by atoms with E-state index in [1.165, 1.54) is 43.4 Å². The predicted molar refractivity (Wildman–Crippen MR) is 342 cm³/mol. The van der Waals surface area contributed by atoms with Crippen molar-refractivity contribution in [2.45, 2.75) is 19.9 Å². The fraction of sp³-hybridized carbons (Fsp3) is 0.0400. The number of para-hydroxylation sites is 4. The number of imidazole rings is 1. The minimum Gasteiger partial charge on any atom is -0.510 e. The normalized spacial score (nSPS) is 13.2. The Morgan fingerprint density at radius 3 is 1.82 bits per heavy atom. The molecule has 0 bridgehead atoms. The maximum atomic E-state index is 8.70. The monoisotopic (exact) mass is 1290 g/mol. The van der Waals surface area contributed by atoms with Gasteiger partial charge in [0.25, 0.3) is 6.33 Å². The second-order valence-corrected chi connectivity index (χ2v) is 29.1. The summed E-state index contributed by atoms with van der Waals surface area (Å²) in [6.45, 7) is 2.09. The molecule has 0 N–H and O–H groups in total. The molecule has 0 amide bonds. The molecule has 402 valence electrons. The third-order valence-corrected chi connectivity index (χ3v) is 24.2. The van der Waals surface area contributed by atoms with E-state index in [4.69, 9.17) is 20.7 Å². The third kappa shape index (κ3) is 9.41. The molecule has 0 saturated carbocycles. The smallest absolute Gasteiger partial charge is 0.268 e.